The molecule has 0 spiro atoms. The number of pyridine rings is 1. The Morgan fingerprint density at radius 3 is 2.67 bits per heavy atom. The first-order chi connectivity index (χ1) is 7.08. The monoisotopic (exact) mass is 199 g/mol. The second kappa shape index (κ2) is 3.39. The van der Waals surface area contributed by atoms with Crippen molar-refractivity contribution in [1.29, 1.82) is 0 Å². The van der Waals surface area contributed by atoms with E-state index in [1.807, 2.05) is 38.1 Å². The Labute approximate surface area is 88.9 Å². The number of aliphatic hydroxyl groups excluding tert-OH is 1. The SMILES string of the molecule is C=C(O)c1cc(C)nc2ccc(C)cc12. The number of hydrogen-bond donors (Lipinski definition) is 1. The summed E-state index contributed by atoms with van der Waals surface area (Å²) in [7, 11) is 0. The third kappa shape index (κ3) is 1.71. The maximum absolute atomic E-state index is 9.51. The summed E-state index contributed by atoms with van der Waals surface area (Å²) < 4.78 is 0. The summed E-state index contributed by atoms with van der Waals surface area (Å²) in [6, 6.07) is 7.84. The van der Waals surface area contributed by atoms with E-state index in [-0.39, 0.29) is 5.76 Å². The van der Waals surface area contributed by atoms with Crippen molar-refractivity contribution in [3.63, 3.8) is 0 Å². The van der Waals surface area contributed by atoms with Gasteiger partial charge in [-0.1, -0.05) is 18.2 Å². The second-order valence-electron chi connectivity index (χ2n) is 3.78. The van der Waals surface area contributed by atoms with Crippen LogP contribution < -0.4 is 0 Å². The summed E-state index contributed by atoms with van der Waals surface area (Å²) in [5.74, 6) is 0.0936. The molecule has 1 N–H and O–H groups in total. The molecule has 1 heterocycles. The zero-order valence-corrected chi connectivity index (χ0v) is 8.91. The van der Waals surface area contributed by atoms with Gasteiger partial charge in [0.05, 0.1) is 5.52 Å². The highest BCUT2D eigenvalue weighted by molar-refractivity contribution is 5.90. The van der Waals surface area contributed by atoms with Crippen molar-refractivity contribution < 1.29 is 5.11 Å². The van der Waals surface area contributed by atoms with E-state index in [4.69, 9.17) is 0 Å². The molecule has 0 aliphatic carbocycles. The normalized spacial score (nSPS) is 10.5. The molecule has 0 bridgehead atoms. The van der Waals surface area contributed by atoms with Gasteiger partial charge >= 0.3 is 0 Å². The van der Waals surface area contributed by atoms with Gasteiger partial charge in [0.1, 0.15) is 5.76 Å². The Bertz CT molecular complexity index is 543. The molecule has 76 valence electrons. The third-order valence-corrected chi connectivity index (χ3v) is 2.40. The minimum atomic E-state index is 0.0936. The van der Waals surface area contributed by atoms with Crippen LogP contribution in [-0.4, -0.2) is 10.1 Å². The molecule has 2 nitrogen and oxygen atoms in total. The van der Waals surface area contributed by atoms with Gasteiger partial charge in [-0.15, -0.1) is 0 Å². The van der Waals surface area contributed by atoms with E-state index in [1.54, 1.807) is 0 Å². The van der Waals surface area contributed by atoms with Crippen LogP contribution in [0.25, 0.3) is 16.7 Å². The lowest BCUT2D eigenvalue weighted by atomic mass is 10.0. The van der Waals surface area contributed by atoms with E-state index in [0.29, 0.717) is 0 Å². The van der Waals surface area contributed by atoms with Crippen LogP contribution in [0, 0.1) is 13.8 Å². The molecule has 15 heavy (non-hydrogen) atoms. The van der Waals surface area contributed by atoms with E-state index in [9.17, 15) is 5.11 Å². The van der Waals surface area contributed by atoms with Crippen LogP contribution in [-0.2, 0) is 0 Å². The molecule has 0 aliphatic rings. The van der Waals surface area contributed by atoms with E-state index in [1.165, 1.54) is 0 Å². The lowest BCUT2D eigenvalue weighted by Crippen LogP contribution is -1.91. The lowest BCUT2D eigenvalue weighted by Gasteiger charge is -2.07. The van der Waals surface area contributed by atoms with Crippen LogP contribution in [0.1, 0.15) is 16.8 Å². The maximum Gasteiger partial charge on any atom is 0.116 e. The second-order valence-corrected chi connectivity index (χ2v) is 3.78. The van der Waals surface area contributed by atoms with Crippen molar-refractivity contribution in [1.82, 2.24) is 4.98 Å². The van der Waals surface area contributed by atoms with Crippen LogP contribution in [0.4, 0.5) is 0 Å². The van der Waals surface area contributed by atoms with E-state index in [0.717, 1.165) is 27.7 Å². The Kier molecular flexibility index (Phi) is 2.19. The summed E-state index contributed by atoms with van der Waals surface area (Å²) >= 11 is 0. The summed E-state index contributed by atoms with van der Waals surface area (Å²) in [5.41, 5.74) is 3.69. The largest absolute Gasteiger partial charge is 0.508 e. The van der Waals surface area contributed by atoms with Gasteiger partial charge in [0.25, 0.3) is 0 Å². The summed E-state index contributed by atoms with van der Waals surface area (Å²) in [6.07, 6.45) is 0. The Morgan fingerprint density at radius 2 is 2.00 bits per heavy atom. The number of fused-ring (bicyclic) bond motifs is 1. The quantitative estimate of drug-likeness (QED) is 0.714. The van der Waals surface area contributed by atoms with Gasteiger partial charge in [-0.2, -0.15) is 0 Å². The first kappa shape index (κ1) is 9.71. The molecular formula is C13H13NO. The molecule has 1 aromatic carbocycles. The molecule has 0 unspecified atom stereocenters. The third-order valence-electron chi connectivity index (χ3n) is 2.40. The van der Waals surface area contributed by atoms with Crippen molar-refractivity contribution in [2.24, 2.45) is 0 Å². The zero-order valence-electron chi connectivity index (χ0n) is 8.91. The fourth-order valence-corrected chi connectivity index (χ4v) is 1.71. The summed E-state index contributed by atoms with van der Waals surface area (Å²) in [6.45, 7) is 7.50. The Morgan fingerprint density at radius 1 is 1.27 bits per heavy atom. The molecule has 0 saturated carbocycles. The number of aromatic nitrogens is 1. The molecule has 2 rings (SSSR count). The highest BCUT2D eigenvalue weighted by Crippen LogP contribution is 2.23. The number of aryl methyl sites for hydroxylation is 2. The van der Waals surface area contributed by atoms with E-state index < -0.39 is 0 Å². The molecule has 0 amide bonds. The first-order valence-corrected chi connectivity index (χ1v) is 4.84. The van der Waals surface area contributed by atoms with Crippen molar-refractivity contribution in [3.8, 4) is 0 Å². The van der Waals surface area contributed by atoms with Gasteiger partial charge in [0.2, 0.25) is 0 Å². The summed E-state index contributed by atoms with van der Waals surface area (Å²) in [5, 5.41) is 10.5. The molecule has 0 radical (unpaired) electrons. The average molecular weight is 199 g/mol. The van der Waals surface area contributed by atoms with Crippen LogP contribution in [0.5, 0.6) is 0 Å². The van der Waals surface area contributed by atoms with Crippen LogP contribution in [0.3, 0.4) is 0 Å². The molecule has 2 heteroatoms. The Balaban J connectivity index is 2.87. The number of benzene rings is 1. The smallest absolute Gasteiger partial charge is 0.116 e. The van der Waals surface area contributed by atoms with Crippen LogP contribution in [0.15, 0.2) is 30.8 Å². The maximum atomic E-state index is 9.51. The van der Waals surface area contributed by atoms with E-state index >= 15 is 0 Å². The van der Waals surface area contributed by atoms with Crippen molar-refractivity contribution in [2.75, 3.05) is 0 Å². The van der Waals surface area contributed by atoms with Gasteiger partial charge in [0.15, 0.2) is 0 Å². The molecule has 2 aromatic rings. The highest BCUT2D eigenvalue weighted by Gasteiger charge is 2.06. The predicted octanol–water partition coefficient (Wildman–Crippen LogP) is 3.38. The van der Waals surface area contributed by atoms with Crippen LogP contribution in [0.2, 0.25) is 0 Å². The van der Waals surface area contributed by atoms with Gasteiger partial charge < -0.3 is 5.11 Å². The van der Waals surface area contributed by atoms with Crippen molar-refractivity contribution >= 4 is 16.7 Å². The van der Waals surface area contributed by atoms with Gasteiger partial charge in [-0.25, -0.2) is 0 Å². The fourth-order valence-electron chi connectivity index (χ4n) is 1.71. The molecule has 0 aliphatic heterocycles. The van der Waals surface area contributed by atoms with Gasteiger partial charge in [-0.3, -0.25) is 4.98 Å². The predicted molar refractivity (Wildman–Crippen MR) is 62.9 cm³/mol. The minimum absolute atomic E-state index is 0.0936. The first-order valence-electron chi connectivity index (χ1n) is 4.84. The Hall–Kier alpha value is -1.83. The van der Waals surface area contributed by atoms with Crippen molar-refractivity contribution in [3.05, 3.63) is 47.7 Å². The van der Waals surface area contributed by atoms with Gasteiger partial charge in [-0.05, 0) is 32.0 Å². The van der Waals surface area contributed by atoms with E-state index in [2.05, 4.69) is 11.6 Å². The number of nitrogens with zero attached hydrogens (tertiary/aromatic N) is 1. The lowest BCUT2D eigenvalue weighted by molar-refractivity contribution is 0.514. The molecule has 0 saturated heterocycles. The fraction of sp³-hybridized carbons (Fsp3) is 0.154. The molecule has 0 atom stereocenters. The number of hydrogen-bond acceptors (Lipinski definition) is 2. The number of aliphatic hydroxyl groups is 1. The van der Waals surface area contributed by atoms with Gasteiger partial charge in [0, 0.05) is 16.6 Å². The van der Waals surface area contributed by atoms with Crippen LogP contribution >= 0.6 is 0 Å². The molecular weight excluding hydrogens is 186 g/mol. The minimum Gasteiger partial charge on any atom is -0.508 e. The molecule has 1 aromatic heterocycles. The average Bonchev–Trinajstić information content (AvgIpc) is 2.17. The zero-order chi connectivity index (χ0) is 11.0. The highest BCUT2D eigenvalue weighted by atomic mass is 16.3. The summed E-state index contributed by atoms with van der Waals surface area (Å²) in [4.78, 5) is 4.41. The standard InChI is InChI=1S/C13H13NO/c1-8-4-5-13-12(6-8)11(10(3)15)7-9(2)14-13/h4-7,15H,3H2,1-2H3. The van der Waals surface area contributed by atoms with Crippen molar-refractivity contribution in [2.45, 2.75) is 13.8 Å². The number of rotatable bonds is 1. The molecule has 0 fully saturated rings. The topological polar surface area (TPSA) is 33.1 Å².